The van der Waals surface area contributed by atoms with Gasteiger partial charge in [-0.3, -0.25) is 9.78 Å². The summed E-state index contributed by atoms with van der Waals surface area (Å²) in [7, 11) is 0. The average molecular weight is 211 g/mol. The van der Waals surface area contributed by atoms with Crippen LogP contribution >= 0.6 is 0 Å². The van der Waals surface area contributed by atoms with Crippen molar-refractivity contribution >= 4 is 6.47 Å². The van der Waals surface area contributed by atoms with Crippen molar-refractivity contribution in [1.82, 2.24) is 15.6 Å². The molecule has 15 heavy (non-hydrogen) atoms. The molecule has 1 aromatic rings. The first kappa shape index (κ1) is 13.5. The lowest BCUT2D eigenvalue weighted by molar-refractivity contribution is -0.122. The number of aromatic nitrogens is 1. The Morgan fingerprint density at radius 1 is 1.00 bits per heavy atom. The van der Waals surface area contributed by atoms with Crippen LogP contribution in [0.5, 0.6) is 0 Å². The number of nitrogens with one attached hydrogen (secondary N) is 2. The summed E-state index contributed by atoms with van der Waals surface area (Å²) in [6.45, 7) is 4.31. The highest BCUT2D eigenvalue weighted by molar-refractivity contribution is 5.32. The van der Waals surface area contributed by atoms with Gasteiger partial charge in [0.1, 0.15) is 0 Å². The smallest absolute Gasteiger partial charge is 0.290 e. The lowest BCUT2D eigenvalue weighted by atomic mass is 10.4. The number of pyridine rings is 1. The van der Waals surface area contributed by atoms with Crippen LogP contribution < -0.4 is 10.6 Å². The second-order valence-electron chi connectivity index (χ2n) is 2.63. The van der Waals surface area contributed by atoms with E-state index in [1.807, 2.05) is 18.2 Å². The fraction of sp³-hybridized carbons (Fsp3) is 0.400. The second-order valence-corrected chi connectivity index (χ2v) is 2.63. The molecular formula is C10H17N3O2. The van der Waals surface area contributed by atoms with Crippen LogP contribution in [0.3, 0.4) is 0 Å². The molecule has 3 N–H and O–H groups in total. The van der Waals surface area contributed by atoms with E-state index in [0.717, 1.165) is 26.2 Å². The van der Waals surface area contributed by atoms with Crippen molar-refractivity contribution < 1.29 is 9.90 Å². The SMILES string of the molecule is C1CNCCN1.O=CO.c1ccncc1. The van der Waals surface area contributed by atoms with Crippen molar-refractivity contribution in [3.63, 3.8) is 0 Å². The molecule has 1 aromatic heterocycles. The number of piperazine rings is 1. The van der Waals surface area contributed by atoms with Gasteiger partial charge >= 0.3 is 0 Å². The van der Waals surface area contributed by atoms with Crippen molar-refractivity contribution in [2.24, 2.45) is 0 Å². The van der Waals surface area contributed by atoms with Gasteiger partial charge in [-0.05, 0) is 12.1 Å². The van der Waals surface area contributed by atoms with E-state index in [1.54, 1.807) is 12.4 Å². The van der Waals surface area contributed by atoms with Crippen LogP contribution in [0.25, 0.3) is 0 Å². The van der Waals surface area contributed by atoms with Crippen molar-refractivity contribution in [2.45, 2.75) is 0 Å². The van der Waals surface area contributed by atoms with E-state index in [0.29, 0.717) is 0 Å². The van der Waals surface area contributed by atoms with Crippen LogP contribution in [0.2, 0.25) is 0 Å². The second kappa shape index (κ2) is 12.5. The molecule has 1 fully saturated rings. The number of nitrogens with zero attached hydrogens (tertiary/aromatic N) is 1. The molecule has 0 amide bonds. The largest absolute Gasteiger partial charge is 0.483 e. The van der Waals surface area contributed by atoms with Crippen molar-refractivity contribution in [3.8, 4) is 0 Å². The summed E-state index contributed by atoms with van der Waals surface area (Å²) in [4.78, 5) is 12.1. The first-order chi connectivity index (χ1) is 7.41. The molecule has 0 unspecified atom stereocenters. The summed E-state index contributed by atoms with van der Waals surface area (Å²) in [5.74, 6) is 0. The maximum absolute atomic E-state index is 8.36. The van der Waals surface area contributed by atoms with Gasteiger partial charge in [0, 0.05) is 38.6 Å². The van der Waals surface area contributed by atoms with Gasteiger partial charge in [-0.2, -0.15) is 0 Å². The van der Waals surface area contributed by atoms with Crippen LogP contribution in [-0.4, -0.2) is 42.7 Å². The standard InChI is InChI=1S/C5H5N.C4H10N2.CH2O2/c1-2-4-6-5-3-1;1-2-6-4-3-5-1;2-1-3/h1-5H;5-6H,1-4H2;1H,(H,2,3). The Kier molecular flexibility index (Phi) is 11.3. The molecule has 84 valence electrons. The van der Waals surface area contributed by atoms with Crippen LogP contribution in [-0.2, 0) is 4.79 Å². The quantitative estimate of drug-likeness (QED) is 0.525. The van der Waals surface area contributed by atoms with E-state index in [2.05, 4.69) is 15.6 Å². The summed E-state index contributed by atoms with van der Waals surface area (Å²) in [5.41, 5.74) is 0. The molecule has 1 aliphatic rings. The number of hydrogen-bond donors (Lipinski definition) is 3. The topological polar surface area (TPSA) is 74.2 Å². The molecule has 0 bridgehead atoms. The van der Waals surface area contributed by atoms with Gasteiger partial charge in [0.25, 0.3) is 6.47 Å². The molecule has 5 heteroatoms. The van der Waals surface area contributed by atoms with Crippen LogP contribution in [0, 0.1) is 0 Å². The Bertz CT molecular complexity index is 177. The highest BCUT2D eigenvalue weighted by Crippen LogP contribution is 1.73. The molecular weight excluding hydrogens is 194 g/mol. The molecule has 0 spiro atoms. The Labute approximate surface area is 89.5 Å². The number of rotatable bonds is 0. The number of carbonyl (C=O) groups is 1. The monoisotopic (exact) mass is 211 g/mol. The predicted molar refractivity (Wildman–Crippen MR) is 58.7 cm³/mol. The zero-order chi connectivity index (χ0) is 11.2. The molecule has 0 atom stereocenters. The minimum Gasteiger partial charge on any atom is -0.483 e. The lowest BCUT2D eigenvalue weighted by Gasteiger charge is -2.11. The highest BCUT2D eigenvalue weighted by Gasteiger charge is 1.91. The molecule has 2 rings (SSSR count). The lowest BCUT2D eigenvalue weighted by Crippen LogP contribution is -2.39. The van der Waals surface area contributed by atoms with E-state index in [-0.39, 0.29) is 6.47 Å². The molecule has 0 aliphatic carbocycles. The van der Waals surface area contributed by atoms with Gasteiger partial charge < -0.3 is 15.7 Å². The highest BCUT2D eigenvalue weighted by atomic mass is 16.3. The van der Waals surface area contributed by atoms with Crippen molar-refractivity contribution in [2.75, 3.05) is 26.2 Å². The Morgan fingerprint density at radius 3 is 1.53 bits per heavy atom. The molecule has 5 nitrogen and oxygen atoms in total. The summed E-state index contributed by atoms with van der Waals surface area (Å²) in [5, 5.41) is 13.3. The third-order valence-electron chi connectivity index (χ3n) is 1.52. The number of carboxylic acid groups (broad SMARTS) is 1. The third kappa shape index (κ3) is 12.5. The van der Waals surface area contributed by atoms with Gasteiger partial charge in [0.2, 0.25) is 0 Å². The van der Waals surface area contributed by atoms with Crippen LogP contribution in [0.1, 0.15) is 0 Å². The molecule has 2 heterocycles. The Morgan fingerprint density at radius 2 is 1.40 bits per heavy atom. The fourth-order valence-corrected chi connectivity index (χ4v) is 0.916. The van der Waals surface area contributed by atoms with E-state index in [9.17, 15) is 0 Å². The van der Waals surface area contributed by atoms with Gasteiger partial charge in [-0.25, -0.2) is 0 Å². The first-order valence-corrected chi connectivity index (χ1v) is 4.76. The predicted octanol–water partition coefficient (Wildman–Crippen LogP) is -0.0384. The summed E-state index contributed by atoms with van der Waals surface area (Å²) >= 11 is 0. The van der Waals surface area contributed by atoms with Crippen molar-refractivity contribution in [1.29, 1.82) is 0 Å². The molecule has 1 aliphatic heterocycles. The Balaban J connectivity index is 0.000000210. The zero-order valence-corrected chi connectivity index (χ0v) is 8.60. The van der Waals surface area contributed by atoms with Gasteiger partial charge in [0.15, 0.2) is 0 Å². The molecule has 0 saturated carbocycles. The van der Waals surface area contributed by atoms with E-state index < -0.39 is 0 Å². The van der Waals surface area contributed by atoms with Crippen LogP contribution in [0.15, 0.2) is 30.6 Å². The van der Waals surface area contributed by atoms with Gasteiger partial charge in [-0.1, -0.05) is 6.07 Å². The molecule has 0 radical (unpaired) electrons. The number of hydrogen-bond acceptors (Lipinski definition) is 4. The molecule has 1 saturated heterocycles. The summed E-state index contributed by atoms with van der Waals surface area (Å²) in [6, 6.07) is 5.72. The van der Waals surface area contributed by atoms with Crippen molar-refractivity contribution in [3.05, 3.63) is 30.6 Å². The summed E-state index contributed by atoms with van der Waals surface area (Å²) < 4.78 is 0. The van der Waals surface area contributed by atoms with Crippen LogP contribution in [0.4, 0.5) is 0 Å². The van der Waals surface area contributed by atoms with E-state index in [4.69, 9.17) is 9.90 Å². The van der Waals surface area contributed by atoms with E-state index >= 15 is 0 Å². The Hall–Kier alpha value is -1.46. The minimum absolute atomic E-state index is 0.250. The minimum atomic E-state index is -0.250. The van der Waals surface area contributed by atoms with Gasteiger partial charge in [0.05, 0.1) is 0 Å². The first-order valence-electron chi connectivity index (χ1n) is 4.76. The maximum atomic E-state index is 8.36. The third-order valence-corrected chi connectivity index (χ3v) is 1.52. The zero-order valence-electron chi connectivity index (χ0n) is 8.60. The average Bonchev–Trinajstić information content (AvgIpc) is 2.35. The fourth-order valence-electron chi connectivity index (χ4n) is 0.916. The molecule has 0 aromatic carbocycles. The van der Waals surface area contributed by atoms with E-state index in [1.165, 1.54) is 0 Å². The maximum Gasteiger partial charge on any atom is 0.290 e. The van der Waals surface area contributed by atoms with Gasteiger partial charge in [-0.15, -0.1) is 0 Å². The normalized spacial score (nSPS) is 13.6. The summed E-state index contributed by atoms with van der Waals surface area (Å²) in [6.07, 6.45) is 3.50.